The molecule has 3 rings (SSSR count). The number of benzene rings is 2. The minimum Gasteiger partial charge on any atom is -0.340 e. The molecule has 0 radical (unpaired) electrons. The van der Waals surface area contributed by atoms with Crippen LogP contribution in [-0.2, 0) is 6.54 Å². The summed E-state index contributed by atoms with van der Waals surface area (Å²) in [6.07, 6.45) is 1.77. The molecular formula is C16H10BrF2NO. The lowest BCUT2D eigenvalue weighted by atomic mass is 10.1. The van der Waals surface area contributed by atoms with Crippen LogP contribution < -0.4 is 0 Å². The predicted octanol–water partition coefficient (Wildman–Crippen LogP) is 4.56. The number of hydrogen-bond donors (Lipinski definition) is 0. The quantitative estimate of drug-likeness (QED) is 0.635. The van der Waals surface area contributed by atoms with Gasteiger partial charge in [-0.1, -0.05) is 22.0 Å². The summed E-state index contributed by atoms with van der Waals surface area (Å²) in [6, 6.07) is 10.5. The Morgan fingerprint density at radius 3 is 2.71 bits per heavy atom. The maximum absolute atomic E-state index is 13.6. The Hall–Kier alpha value is -2.01. The van der Waals surface area contributed by atoms with Crippen LogP contribution in [0, 0.1) is 11.6 Å². The van der Waals surface area contributed by atoms with Gasteiger partial charge in [0.25, 0.3) is 0 Å². The van der Waals surface area contributed by atoms with Crippen molar-refractivity contribution in [3.05, 3.63) is 70.3 Å². The first-order valence-corrected chi connectivity index (χ1v) is 7.07. The van der Waals surface area contributed by atoms with Gasteiger partial charge in [-0.25, -0.2) is 8.78 Å². The molecule has 0 saturated heterocycles. The number of ketones is 1. The van der Waals surface area contributed by atoms with E-state index in [1.54, 1.807) is 10.8 Å². The van der Waals surface area contributed by atoms with Crippen molar-refractivity contribution in [2.75, 3.05) is 0 Å². The van der Waals surface area contributed by atoms with Crippen molar-refractivity contribution in [1.82, 2.24) is 4.57 Å². The number of hydrogen-bond acceptors (Lipinski definition) is 1. The third-order valence-corrected chi connectivity index (χ3v) is 4.00. The largest absolute Gasteiger partial charge is 0.340 e. The van der Waals surface area contributed by atoms with E-state index in [0.29, 0.717) is 0 Å². The topological polar surface area (TPSA) is 22.0 Å². The second kappa shape index (κ2) is 5.41. The van der Waals surface area contributed by atoms with E-state index in [0.717, 1.165) is 27.5 Å². The maximum atomic E-state index is 13.6. The van der Waals surface area contributed by atoms with E-state index in [1.165, 1.54) is 6.07 Å². The zero-order chi connectivity index (χ0) is 15.0. The number of nitrogens with zero attached hydrogens (tertiary/aromatic N) is 1. The Bertz CT molecular complexity index is 841. The normalized spacial score (nSPS) is 11.0. The molecule has 0 spiro atoms. The van der Waals surface area contributed by atoms with Crippen molar-refractivity contribution >= 4 is 32.6 Å². The molecular weight excluding hydrogens is 340 g/mol. The van der Waals surface area contributed by atoms with Crippen LogP contribution in [0.4, 0.5) is 8.78 Å². The van der Waals surface area contributed by atoms with E-state index in [9.17, 15) is 13.6 Å². The molecule has 1 heterocycles. The third kappa shape index (κ3) is 2.61. The summed E-state index contributed by atoms with van der Waals surface area (Å²) in [5.74, 6) is -1.93. The molecule has 0 saturated carbocycles. The SMILES string of the molecule is O=C(Cn1ccc2c(Br)cccc21)c1ccc(F)cc1F. The highest BCUT2D eigenvalue weighted by molar-refractivity contribution is 9.10. The number of carbonyl (C=O) groups excluding carboxylic acids is 1. The highest BCUT2D eigenvalue weighted by atomic mass is 79.9. The average molecular weight is 350 g/mol. The van der Waals surface area contributed by atoms with Crippen LogP contribution in [0.3, 0.4) is 0 Å². The number of halogens is 3. The summed E-state index contributed by atoms with van der Waals surface area (Å²) in [5.41, 5.74) is 0.772. The molecule has 0 aliphatic rings. The van der Waals surface area contributed by atoms with Gasteiger partial charge in [-0.3, -0.25) is 4.79 Å². The van der Waals surface area contributed by atoms with Gasteiger partial charge in [0.15, 0.2) is 5.78 Å². The van der Waals surface area contributed by atoms with Crippen molar-refractivity contribution in [3.8, 4) is 0 Å². The van der Waals surface area contributed by atoms with E-state index in [4.69, 9.17) is 0 Å². The molecule has 0 amide bonds. The molecule has 0 fully saturated rings. The number of rotatable bonds is 3. The number of aromatic nitrogens is 1. The van der Waals surface area contributed by atoms with Gasteiger partial charge in [-0.2, -0.15) is 0 Å². The van der Waals surface area contributed by atoms with Crippen molar-refractivity contribution in [1.29, 1.82) is 0 Å². The van der Waals surface area contributed by atoms with Crippen LogP contribution in [0.15, 0.2) is 53.1 Å². The van der Waals surface area contributed by atoms with Gasteiger partial charge >= 0.3 is 0 Å². The molecule has 2 nitrogen and oxygen atoms in total. The Labute approximate surface area is 128 Å². The number of Topliss-reactive ketones (excluding diaryl/α,β-unsaturated/α-hetero) is 1. The van der Waals surface area contributed by atoms with Crippen molar-refractivity contribution in [2.45, 2.75) is 6.54 Å². The molecule has 0 aliphatic carbocycles. The summed E-state index contributed by atoms with van der Waals surface area (Å²) < 4.78 is 29.2. The summed E-state index contributed by atoms with van der Waals surface area (Å²) in [4.78, 5) is 12.2. The minimum atomic E-state index is -0.836. The Kier molecular flexibility index (Phi) is 3.59. The fraction of sp³-hybridized carbons (Fsp3) is 0.0625. The maximum Gasteiger partial charge on any atom is 0.185 e. The summed E-state index contributed by atoms with van der Waals surface area (Å²) in [7, 11) is 0. The van der Waals surface area contributed by atoms with Gasteiger partial charge in [-0.05, 0) is 30.3 Å². The highest BCUT2D eigenvalue weighted by Gasteiger charge is 2.14. The van der Waals surface area contributed by atoms with Crippen molar-refractivity contribution in [2.24, 2.45) is 0 Å². The zero-order valence-corrected chi connectivity index (χ0v) is 12.4. The summed E-state index contributed by atoms with van der Waals surface area (Å²) in [5, 5.41) is 0.977. The first-order chi connectivity index (χ1) is 10.1. The lowest BCUT2D eigenvalue weighted by Gasteiger charge is -2.06. The summed E-state index contributed by atoms with van der Waals surface area (Å²) >= 11 is 3.44. The fourth-order valence-electron chi connectivity index (χ4n) is 2.28. The molecule has 0 bridgehead atoms. The molecule has 3 aromatic rings. The number of carbonyl (C=O) groups is 1. The first kappa shape index (κ1) is 13.9. The molecule has 0 atom stereocenters. The third-order valence-electron chi connectivity index (χ3n) is 3.31. The van der Waals surface area contributed by atoms with E-state index >= 15 is 0 Å². The molecule has 0 N–H and O–H groups in total. The Morgan fingerprint density at radius 1 is 1.14 bits per heavy atom. The van der Waals surface area contributed by atoms with Crippen LogP contribution in [0.25, 0.3) is 10.9 Å². The van der Waals surface area contributed by atoms with Gasteiger partial charge in [0.2, 0.25) is 0 Å². The lowest BCUT2D eigenvalue weighted by molar-refractivity contribution is 0.0969. The van der Waals surface area contributed by atoms with Crippen LogP contribution >= 0.6 is 15.9 Å². The standard InChI is InChI=1S/C16H10BrF2NO/c17-13-2-1-3-15-11(13)6-7-20(15)9-16(21)12-5-4-10(18)8-14(12)19/h1-8H,9H2. The Balaban J connectivity index is 1.95. The van der Waals surface area contributed by atoms with E-state index < -0.39 is 17.4 Å². The van der Waals surface area contributed by atoms with Gasteiger partial charge < -0.3 is 4.57 Å². The van der Waals surface area contributed by atoms with E-state index in [2.05, 4.69) is 15.9 Å². The molecule has 2 aromatic carbocycles. The Morgan fingerprint density at radius 2 is 1.95 bits per heavy atom. The van der Waals surface area contributed by atoms with Crippen molar-refractivity contribution in [3.63, 3.8) is 0 Å². The molecule has 0 aliphatic heterocycles. The second-order valence-corrected chi connectivity index (χ2v) is 5.52. The van der Waals surface area contributed by atoms with Gasteiger partial charge in [-0.15, -0.1) is 0 Å². The van der Waals surface area contributed by atoms with Crippen LogP contribution in [-0.4, -0.2) is 10.4 Å². The molecule has 21 heavy (non-hydrogen) atoms. The smallest absolute Gasteiger partial charge is 0.185 e. The zero-order valence-electron chi connectivity index (χ0n) is 10.8. The van der Waals surface area contributed by atoms with Gasteiger partial charge in [0.05, 0.1) is 12.1 Å². The van der Waals surface area contributed by atoms with Gasteiger partial charge in [0.1, 0.15) is 11.6 Å². The average Bonchev–Trinajstić information content (AvgIpc) is 2.83. The fourth-order valence-corrected chi connectivity index (χ4v) is 2.77. The van der Waals surface area contributed by atoms with Crippen LogP contribution in [0.5, 0.6) is 0 Å². The van der Waals surface area contributed by atoms with Crippen molar-refractivity contribution < 1.29 is 13.6 Å². The molecule has 0 unspecified atom stereocenters. The van der Waals surface area contributed by atoms with E-state index in [1.807, 2.05) is 24.3 Å². The lowest BCUT2D eigenvalue weighted by Crippen LogP contribution is -2.11. The first-order valence-electron chi connectivity index (χ1n) is 6.28. The molecule has 1 aromatic heterocycles. The van der Waals surface area contributed by atoms with Gasteiger partial charge in [0, 0.05) is 27.6 Å². The van der Waals surface area contributed by atoms with Crippen LogP contribution in [0.2, 0.25) is 0 Å². The predicted molar refractivity (Wildman–Crippen MR) is 80.3 cm³/mol. The monoisotopic (exact) mass is 349 g/mol. The summed E-state index contributed by atoms with van der Waals surface area (Å²) in [6.45, 7) is 0.00249. The second-order valence-electron chi connectivity index (χ2n) is 4.66. The molecule has 5 heteroatoms. The number of fused-ring (bicyclic) bond motifs is 1. The van der Waals surface area contributed by atoms with E-state index in [-0.39, 0.29) is 12.1 Å². The highest BCUT2D eigenvalue weighted by Crippen LogP contribution is 2.25. The minimum absolute atomic E-state index is 0.00249. The van der Waals surface area contributed by atoms with Crippen LogP contribution in [0.1, 0.15) is 10.4 Å². The molecule has 106 valence electrons.